The summed E-state index contributed by atoms with van der Waals surface area (Å²) in [6, 6.07) is 8.65. The molecule has 0 saturated carbocycles. The van der Waals surface area contributed by atoms with E-state index in [1.807, 2.05) is 14.0 Å². The predicted octanol–water partition coefficient (Wildman–Crippen LogP) is 3.15. The molecular weight excluding hydrogens is 234 g/mol. The van der Waals surface area contributed by atoms with Crippen molar-refractivity contribution in [1.82, 2.24) is 9.55 Å². The lowest BCUT2D eigenvalue weighted by Crippen LogP contribution is -2.10. The topological polar surface area (TPSA) is 43.8 Å². The van der Waals surface area contributed by atoms with Gasteiger partial charge in [-0.3, -0.25) is 0 Å². The summed E-state index contributed by atoms with van der Waals surface area (Å²) < 4.78 is 2.08. The van der Waals surface area contributed by atoms with Crippen LogP contribution in [0.25, 0.3) is 11.4 Å². The van der Waals surface area contributed by atoms with Crippen LogP contribution in [-0.4, -0.2) is 9.55 Å². The zero-order valence-corrected chi connectivity index (χ0v) is 12.5. The first-order valence-corrected chi connectivity index (χ1v) is 6.67. The number of hydrogen-bond acceptors (Lipinski definition) is 2. The average Bonchev–Trinajstić information content (AvgIpc) is 2.63. The van der Waals surface area contributed by atoms with Gasteiger partial charge in [0.1, 0.15) is 5.82 Å². The second-order valence-corrected chi connectivity index (χ2v) is 6.06. The monoisotopic (exact) mass is 257 g/mol. The molecule has 1 aromatic carbocycles. The third-order valence-corrected chi connectivity index (χ3v) is 3.62. The molecule has 0 spiro atoms. The normalized spacial score (nSPS) is 11.9. The zero-order valence-electron chi connectivity index (χ0n) is 12.5. The Morgan fingerprint density at radius 1 is 1.16 bits per heavy atom. The van der Waals surface area contributed by atoms with Crippen LogP contribution >= 0.6 is 0 Å². The number of hydrogen-bond donors (Lipinski definition) is 1. The Labute approximate surface area is 115 Å². The van der Waals surface area contributed by atoms with Crippen molar-refractivity contribution < 1.29 is 0 Å². The quantitative estimate of drug-likeness (QED) is 0.898. The second kappa shape index (κ2) is 4.82. The van der Waals surface area contributed by atoms with Crippen LogP contribution in [0.5, 0.6) is 0 Å². The van der Waals surface area contributed by atoms with Crippen molar-refractivity contribution in [1.29, 1.82) is 0 Å². The van der Waals surface area contributed by atoms with Gasteiger partial charge in [-0.15, -0.1) is 0 Å². The van der Waals surface area contributed by atoms with Crippen molar-refractivity contribution in [3.63, 3.8) is 0 Å². The molecule has 0 amide bonds. The molecule has 0 aliphatic heterocycles. The lowest BCUT2D eigenvalue weighted by Gasteiger charge is -2.19. The third kappa shape index (κ3) is 2.56. The largest absolute Gasteiger partial charge is 0.330 e. The van der Waals surface area contributed by atoms with Crippen LogP contribution in [0.1, 0.15) is 37.7 Å². The van der Waals surface area contributed by atoms with Crippen LogP contribution in [0.15, 0.2) is 24.3 Å². The van der Waals surface area contributed by atoms with E-state index in [-0.39, 0.29) is 5.41 Å². The van der Waals surface area contributed by atoms with E-state index in [0.29, 0.717) is 6.54 Å². The van der Waals surface area contributed by atoms with E-state index in [0.717, 1.165) is 22.8 Å². The number of nitrogens with zero attached hydrogens (tertiary/aromatic N) is 2. The van der Waals surface area contributed by atoms with E-state index in [4.69, 9.17) is 5.73 Å². The molecule has 0 bridgehead atoms. The Balaban J connectivity index is 2.43. The van der Waals surface area contributed by atoms with E-state index in [1.54, 1.807) is 0 Å². The zero-order chi connectivity index (χ0) is 14.2. The highest BCUT2D eigenvalue weighted by molar-refractivity contribution is 5.57. The van der Waals surface area contributed by atoms with Gasteiger partial charge in [0, 0.05) is 19.2 Å². The summed E-state index contributed by atoms with van der Waals surface area (Å²) >= 11 is 0. The summed E-state index contributed by atoms with van der Waals surface area (Å²) in [6.45, 7) is 9.20. The van der Waals surface area contributed by atoms with E-state index in [2.05, 4.69) is 54.6 Å². The van der Waals surface area contributed by atoms with Gasteiger partial charge in [0.25, 0.3) is 0 Å². The van der Waals surface area contributed by atoms with Crippen molar-refractivity contribution in [3.8, 4) is 11.4 Å². The fourth-order valence-corrected chi connectivity index (χ4v) is 2.33. The maximum absolute atomic E-state index is 5.76. The van der Waals surface area contributed by atoms with Gasteiger partial charge in [0.15, 0.2) is 0 Å². The SMILES string of the molecule is Cc1nc(-c2ccc(C(C)(C)C)cc2)n(C)c1CN. The highest BCUT2D eigenvalue weighted by Gasteiger charge is 2.15. The van der Waals surface area contributed by atoms with Crippen LogP contribution < -0.4 is 5.73 Å². The summed E-state index contributed by atoms with van der Waals surface area (Å²) in [5.74, 6) is 0.985. The van der Waals surface area contributed by atoms with Crippen LogP contribution in [-0.2, 0) is 19.0 Å². The third-order valence-electron chi connectivity index (χ3n) is 3.62. The Hall–Kier alpha value is -1.61. The fraction of sp³-hybridized carbons (Fsp3) is 0.438. The van der Waals surface area contributed by atoms with Crippen molar-refractivity contribution in [2.75, 3.05) is 0 Å². The molecule has 0 aliphatic rings. The van der Waals surface area contributed by atoms with Crippen molar-refractivity contribution >= 4 is 0 Å². The maximum atomic E-state index is 5.76. The molecule has 0 fully saturated rings. The van der Waals surface area contributed by atoms with Crippen molar-refractivity contribution in [3.05, 3.63) is 41.2 Å². The molecule has 102 valence electrons. The second-order valence-electron chi connectivity index (χ2n) is 6.06. The van der Waals surface area contributed by atoms with Crippen LogP contribution in [0.4, 0.5) is 0 Å². The van der Waals surface area contributed by atoms with Gasteiger partial charge in [-0.2, -0.15) is 0 Å². The lowest BCUT2D eigenvalue weighted by molar-refractivity contribution is 0.590. The van der Waals surface area contributed by atoms with E-state index < -0.39 is 0 Å². The minimum atomic E-state index is 0.179. The van der Waals surface area contributed by atoms with Crippen LogP contribution in [0.2, 0.25) is 0 Å². The first-order valence-electron chi connectivity index (χ1n) is 6.67. The number of rotatable bonds is 2. The van der Waals surface area contributed by atoms with Gasteiger partial charge in [0.05, 0.1) is 11.4 Å². The number of aromatic nitrogens is 2. The Morgan fingerprint density at radius 3 is 2.16 bits per heavy atom. The molecule has 2 aromatic rings. The molecule has 0 aliphatic carbocycles. The van der Waals surface area contributed by atoms with Crippen molar-refractivity contribution in [2.24, 2.45) is 12.8 Å². The van der Waals surface area contributed by atoms with Gasteiger partial charge in [-0.1, -0.05) is 45.0 Å². The minimum Gasteiger partial charge on any atom is -0.330 e. The fourth-order valence-electron chi connectivity index (χ4n) is 2.33. The van der Waals surface area contributed by atoms with E-state index in [9.17, 15) is 0 Å². The standard InChI is InChI=1S/C16H23N3/c1-11-14(10-17)19(5)15(18-11)12-6-8-13(9-7-12)16(2,3)4/h6-9H,10,17H2,1-5H3. The van der Waals surface area contributed by atoms with E-state index >= 15 is 0 Å². The predicted molar refractivity (Wildman–Crippen MR) is 80.0 cm³/mol. The molecule has 2 N–H and O–H groups in total. The van der Waals surface area contributed by atoms with Gasteiger partial charge in [-0.25, -0.2) is 4.98 Å². The lowest BCUT2D eigenvalue weighted by atomic mass is 9.87. The highest BCUT2D eigenvalue weighted by Crippen LogP contribution is 2.26. The molecule has 0 saturated heterocycles. The smallest absolute Gasteiger partial charge is 0.140 e. The molecular formula is C16H23N3. The minimum absolute atomic E-state index is 0.179. The summed E-state index contributed by atoms with van der Waals surface area (Å²) in [5, 5.41) is 0. The molecule has 0 atom stereocenters. The van der Waals surface area contributed by atoms with Gasteiger partial charge in [0.2, 0.25) is 0 Å². The van der Waals surface area contributed by atoms with Crippen LogP contribution in [0.3, 0.4) is 0 Å². The number of imidazole rings is 1. The summed E-state index contributed by atoms with van der Waals surface area (Å²) in [6.07, 6.45) is 0. The molecule has 3 heteroatoms. The molecule has 19 heavy (non-hydrogen) atoms. The molecule has 3 nitrogen and oxygen atoms in total. The Morgan fingerprint density at radius 2 is 1.74 bits per heavy atom. The van der Waals surface area contributed by atoms with Gasteiger partial charge >= 0.3 is 0 Å². The molecule has 0 unspecified atom stereocenters. The van der Waals surface area contributed by atoms with E-state index in [1.165, 1.54) is 5.56 Å². The first-order chi connectivity index (χ1) is 8.84. The molecule has 1 heterocycles. The maximum Gasteiger partial charge on any atom is 0.140 e. The first kappa shape index (κ1) is 13.8. The molecule has 0 radical (unpaired) electrons. The van der Waals surface area contributed by atoms with Crippen LogP contribution in [0, 0.1) is 6.92 Å². The van der Waals surface area contributed by atoms with Gasteiger partial charge < -0.3 is 10.3 Å². The Kier molecular flexibility index (Phi) is 3.50. The number of benzene rings is 1. The molecule has 1 aromatic heterocycles. The van der Waals surface area contributed by atoms with Gasteiger partial charge in [-0.05, 0) is 17.9 Å². The van der Waals surface area contributed by atoms with Crippen molar-refractivity contribution in [2.45, 2.75) is 39.7 Å². The number of aryl methyl sites for hydroxylation is 1. The summed E-state index contributed by atoms with van der Waals surface area (Å²) in [7, 11) is 2.02. The summed E-state index contributed by atoms with van der Waals surface area (Å²) in [5.41, 5.74) is 10.5. The Bertz CT molecular complexity index is 571. The highest BCUT2D eigenvalue weighted by atomic mass is 15.1. The molecule has 2 rings (SSSR count). The number of nitrogens with two attached hydrogens (primary N) is 1. The summed E-state index contributed by atoms with van der Waals surface area (Å²) in [4.78, 5) is 4.63. The average molecular weight is 257 g/mol.